The van der Waals surface area contributed by atoms with E-state index in [1.807, 2.05) is 17.6 Å². The number of anilines is 1. The van der Waals surface area contributed by atoms with Crippen LogP contribution in [0.3, 0.4) is 0 Å². The minimum absolute atomic E-state index is 0.0717. The number of hydrogen-bond donors (Lipinski definition) is 2. The third kappa shape index (κ3) is 2.97. The summed E-state index contributed by atoms with van der Waals surface area (Å²) in [5.74, 6) is 0.303. The number of carbonyl (C=O) groups is 1. The fraction of sp³-hybridized carbons (Fsp3) is 0.294. The second-order valence-corrected chi connectivity index (χ2v) is 5.76. The molecule has 126 valence electrons. The monoisotopic (exact) mass is 329 g/mol. The van der Waals surface area contributed by atoms with Crippen molar-refractivity contribution in [1.82, 2.24) is 19.4 Å². The standard InChI is InChI=1S/C17H20FN5O/c1-4-23-15-8-5-11(18)9-14(15)21-17(23)19-10-12-6-7-13(20-12)16(24)22(2)3/h5-9,20H,4,10H2,1-3H3,(H,19,21). The highest BCUT2D eigenvalue weighted by atomic mass is 19.1. The summed E-state index contributed by atoms with van der Waals surface area (Å²) in [6, 6.07) is 8.22. The molecule has 0 bridgehead atoms. The van der Waals surface area contributed by atoms with Gasteiger partial charge in [0.15, 0.2) is 0 Å². The Bertz CT molecular complexity index is 880. The van der Waals surface area contributed by atoms with Gasteiger partial charge < -0.3 is 19.8 Å². The normalized spacial score (nSPS) is 11.0. The van der Waals surface area contributed by atoms with Crippen molar-refractivity contribution in [3.63, 3.8) is 0 Å². The zero-order valence-electron chi connectivity index (χ0n) is 13.9. The van der Waals surface area contributed by atoms with Crippen molar-refractivity contribution >= 4 is 22.9 Å². The van der Waals surface area contributed by atoms with Crippen molar-refractivity contribution in [2.75, 3.05) is 19.4 Å². The molecule has 2 aromatic heterocycles. The smallest absolute Gasteiger partial charge is 0.269 e. The SMILES string of the molecule is CCn1c(NCc2ccc(C(=O)N(C)C)[nH]2)nc2cc(F)ccc21. The number of aromatic nitrogens is 3. The van der Waals surface area contributed by atoms with Crippen molar-refractivity contribution in [2.24, 2.45) is 0 Å². The van der Waals surface area contributed by atoms with Crippen molar-refractivity contribution in [3.05, 3.63) is 47.5 Å². The molecule has 0 aliphatic carbocycles. The zero-order chi connectivity index (χ0) is 17.3. The van der Waals surface area contributed by atoms with Crippen LogP contribution < -0.4 is 5.32 Å². The minimum atomic E-state index is -0.300. The number of H-pyrrole nitrogens is 1. The Kier molecular flexibility index (Phi) is 4.24. The summed E-state index contributed by atoms with van der Waals surface area (Å²) in [6.07, 6.45) is 0. The van der Waals surface area contributed by atoms with Crippen LogP contribution in [-0.2, 0) is 13.1 Å². The average Bonchev–Trinajstić information content (AvgIpc) is 3.15. The number of benzene rings is 1. The Morgan fingerprint density at radius 1 is 1.33 bits per heavy atom. The maximum absolute atomic E-state index is 13.4. The highest BCUT2D eigenvalue weighted by Gasteiger charge is 2.12. The van der Waals surface area contributed by atoms with E-state index in [9.17, 15) is 9.18 Å². The first kappa shape index (κ1) is 16.0. The Labute approximate surface area is 139 Å². The van der Waals surface area contributed by atoms with Gasteiger partial charge in [-0.2, -0.15) is 0 Å². The van der Waals surface area contributed by atoms with E-state index in [-0.39, 0.29) is 11.7 Å². The second-order valence-electron chi connectivity index (χ2n) is 5.76. The molecule has 0 spiro atoms. The fourth-order valence-corrected chi connectivity index (χ4v) is 2.64. The summed E-state index contributed by atoms with van der Waals surface area (Å²) < 4.78 is 15.4. The van der Waals surface area contributed by atoms with Gasteiger partial charge in [-0.25, -0.2) is 9.37 Å². The van der Waals surface area contributed by atoms with Crippen molar-refractivity contribution < 1.29 is 9.18 Å². The highest BCUT2D eigenvalue weighted by Crippen LogP contribution is 2.21. The summed E-state index contributed by atoms with van der Waals surface area (Å²) >= 11 is 0. The minimum Gasteiger partial charge on any atom is -0.353 e. The molecule has 3 aromatic rings. The van der Waals surface area contributed by atoms with Crippen molar-refractivity contribution in [2.45, 2.75) is 20.0 Å². The van der Waals surface area contributed by atoms with Crippen LogP contribution in [0.15, 0.2) is 30.3 Å². The predicted molar refractivity (Wildman–Crippen MR) is 91.5 cm³/mol. The van der Waals surface area contributed by atoms with Crippen LogP contribution in [0.25, 0.3) is 11.0 Å². The van der Waals surface area contributed by atoms with Crippen molar-refractivity contribution in [3.8, 4) is 0 Å². The van der Waals surface area contributed by atoms with E-state index < -0.39 is 0 Å². The molecule has 6 nitrogen and oxygen atoms in total. The van der Waals surface area contributed by atoms with Gasteiger partial charge in [0, 0.05) is 32.4 Å². The van der Waals surface area contributed by atoms with Crippen LogP contribution in [0.2, 0.25) is 0 Å². The van der Waals surface area contributed by atoms with Gasteiger partial charge in [0.2, 0.25) is 5.95 Å². The quantitative estimate of drug-likeness (QED) is 0.756. The lowest BCUT2D eigenvalue weighted by atomic mass is 10.3. The predicted octanol–water partition coefficient (Wildman–Crippen LogP) is 2.84. The molecular weight excluding hydrogens is 309 g/mol. The number of fused-ring (bicyclic) bond motifs is 1. The zero-order valence-corrected chi connectivity index (χ0v) is 13.9. The van der Waals surface area contributed by atoms with E-state index in [0.717, 1.165) is 17.8 Å². The molecule has 0 atom stereocenters. The maximum atomic E-state index is 13.4. The van der Waals surface area contributed by atoms with E-state index in [1.54, 1.807) is 26.2 Å². The van der Waals surface area contributed by atoms with Crippen LogP contribution in [0.1, 0.15) is 23.1 Å². The van der Waals surface area contributed by atoms with Crippen LogP contribution in [0.4, 0.5) is 10.3 Å². The Morgan fingerprint density at radius 2 is 2.12 bits per heavy atom. The molecule has 0 unspecified atom stereocenters. The van der Waals surface area contributed by atoms with Gasteiger partial charge >= 0.3 is 0 Å². The number of imidazole rings is 1. The number of hydrogen-bond acceptors (Lipinski definition) is 3. The topological polar surface area (TPSA) is 66.0 Å². The number of nitrogens with one attached hydrogen (secondary N) is 2. The molecular formula is C17H20FN5O. The molecule has 2 heterocycles. The molecule has 3 rings (SSSR count). The molecule has 0 aliphatic rings. The molecule has 0 saturated heterocycles. The molecule has 1 aromatic carbocycles. The number of carbonyl (C=O) groups excluding carboxylic acids is 1. The van der Waals surface area contributed by atoms with E-state index >= 15 is 0 Å². The Hall–Kier alpha value is -2.83. The third-order valence-electron chi connectivity index (χ3n) is 3.85. The largest absolute Gasteiger partial charge is 0.353 e. The average molecular weight is 329 g/mol. The molecule has 0 aliphatic heterocycles. The molecule has 0 radical (unpaired) electrons. The van der Waals surface area contributed by atoms with Gasteiger partial charge in [-0.3, -0.25) is 4.79 Å². The van der Waals surface area contributed by atoms with Gasteiger partial charge in [0.25, 0.3) is 5.91 Å². The van der Waals surface area contributed by atoms with Gasteiger partial charge in [-0.05, 0) is 31.2 Å². The third-order valence-corrected chi connectivity index (χ3v) is 3.85. The van der Waals surface area contributed by atoms with Crippen LogP contribution in [-0.4, -0.2) is 39.4 Å². The number of rotatable bonds is 5. The summed E-state index contributed by atoms with van der Waals surface area (Å²) in [5, 5.41) is 3.24. The van der Waals surface area contributed by atoms with Crippen LogP contribution in [0.5, 0.6) is 0 Å². The number of aromatic amines is 1. The Balaban J connectivity index is 1.79. The molecule has 7 heteroatoms. The first-order valence-electron chi connectivity index (χ1n) is 7.78. The summed E-state index contributed by atoms with van der Waals surface area (Å²) in [6.45, 7) is 3.23. The van der Waals surface area contributed by atoms with Crippen molar-refractivity contribution in [1.29, 1.82) is 0 Å². The van der Waals surface area contributed by atoms with E-state index in [0.29, 0.717) is 23.7 Å². The first-order chi connectivity index (χ1) is 11.5. The molecule has 2 N–H and O–H groups in total. The molecule has 1 amide bonds. The lowest BCUT2D eigenvalue weighted by Crippen LogP contribution is -2.22. The van der Waals surface area contributed by atoms with E-state index in [2.05, 4.69) is 15.3 Å². The van der Waals surface area contributed by atoms with E-state index in [4.69, 9.17) is 0 Å². The second kappa shape index (κ2) is 6.35. The molecule has 24 heavy (non-hydrogen) atoms. The summed E-state index contributed by atoms with van der Waals surface area (Å²) in [4.78, 5) is 21.0. The lowest BCUT2D eigenvalue weighted by molar-refractivity contribution is 0.0822. The summed E-state index contributed by atoms with van der Waals surface area (Å²) in [5.41, 5.74) is 2.93. The van der Waals surface area contributed by atoms with Crippen LogP contribution in [0, 0.1) is 5.82 Å². The fourth-order valence-electron chi connectivity index (χ4n) is 2.64. The van der Waals surface area contributed by atoms with Gasteiger partial charge in [0.05, 0.1) is 17.6 Å². The number of aryl methyl sites for hydroxylation is 1. The summed E-state index contributed by atoms with van der Waals surface area (Å²) in [7, 11) is 3.42. The molecule has 0 fully saturated rings. The number of nitrogens with zero attached hydrogens (tertiary/aromatic N) is 3. The van der Waals surface area contributed by atoms with Crippen LogP contribution >= 0.6 is 0 Å². The first-order valence-corrected chi connectivity index (χ1v) is 7.78. The Morgan fingerprint density at radius 3 is 2.83 bits per heavy atom. The van der Waals surface area contributed by atoms with Gasteiger partial charge in [0.1, 0.15) is 11.5 Å². The highest BCUT2D eigenvalue weighted by molar-refractivity contribution is 5.92. The van der Waals surface area contributed by atoms with E-state index in [1.165, 1.54) is 17.0 Å². The number of halogens is 1. The molecule has 0 saturated carbocycles. The number of amides is 1. The van der Waals surface area contributed by atoms with Gasteiger partial charge in [-0.1, -0.05) is 0 Å². The van der Waals surface area contributed by atoms with Gasteiger partial charge in [-0.15, -0.1) is 0 Å². The maximum Gasteiger partial charge on any atom is 0.269 e. The lowest BCUT2D eigenvalue weighted by Gasteiger charge is -2.09.